The molecule has 1 aromatic rings. The number of rotatable bonds is 9. The van der Waals surface area contributed by atoms with Gasteiger partial charge in [0.2, 0.25) is 0 Å². The summed E-state index contributed by atoms with van der Waals surface area (Å²) in [5, 5.41) is 6.81. The molecular weight excluding hydrogens is 324 g/mol. The maximum Gasteiger partial charge on any atom is 0.191 e. The number of hydrogen-bond acceptors (Lipinski definition) is 3. The number of guanidine groups is 1. The largest absolute Gasteiger partial charge is 0.380 e. The van der Waals surface area contributed by atoms with Gasteiger partial charge in [-0.3, -0.25) is 0 Å². The van der Waals surface area contributed by atoms with Crippen molar-refractivity contribution in [3.63, 3.8) is 0 Å². The first kappa shape index (κ1) is 20.7. The minimum atomic E-state index is 0.658. The van der Waals surface area contributed by atoms with Crippen LogP contribution in [-0.2, 0) is 17.9 Å². The number of likely N-dealkylation sites (tertiary alicyclic amines) is 1. The van der Waals surface area contributed by atoms with Crippen LogP contribution >= 0.6 is 0 Å². The second-order valence-electron chi connectivity index (χ2n) is 6.98. The van der Waals surface area contributed by atoms with E-state index in [1.54, 1.807) is 7.11 Å². The molecule has 0 bridgehead atoms. The Morgan fingerprint density at radius 3 is 2.38 bits per heavy atom. The van der Waals surface area contributed by atoms with E-state index < -0.39 is 0 Å². The molecule has 1 fully saturated rings. The molecule has 1 aliphatic heterocycles. The Labute approximate surface area is 159 Å². The summed E-state index contributed by atoms with van der Waals surface area (Å²) in [6.07, 6.45) is 6.69. The van der Waals surface area contributed by atoms with Crippen molar-refractivity contribution in [3.05, 3.63) is 35.4 Å². The van der Waals surface area contributed by atoms with Crippen LogP contribution in [0.15, 0.2) is 29.3 Å². The number of methoxy groups -OCH3 is 1. The van der Waals surface area contributed by atoms with Crippen LogP contribution < -0.4 is 10.6 Å². The highest BCUT2D eigenvalue weighted by Crippen LogP contribution is 2.09. The van der Waals surface area contributed by atoms with Crippen molar-refractivity contribution in [1.29, 1.82) is 0 Å². The summed E-state index contributed by atoms with van der Waals surface area (Å²) in [7, 11) is 1.72. The zero-order chi connectivity index (χ0) is 18.5. The average molecular weight is 361 g/mol. The first-order valence-electron chi connectivity index (χ1n) is 10.1. The van der Waals surface area contributed by atoms with Gasteiger partial charge in [0.1, 0.15) is 0 Å². The highest BCUT2D eigenvalue weighted by molar-refractivity contribution is 5.79. The van der Waals surface area contributed by atoms with Gasteiger partial charge in [-0.15, -0.1) is 0 Å². The molecule has 0 unspecified atom stereocenters. The maximum absolute atomic E-state index is 5.15. The summed E-state index contributed by atoms with van der Waals surface area (Å²) in [5.41, 5.74) is 2.41. The third kappa shape index (κ3) is 8.19. The molecule has 0 aliphatic carbocycles. The van der Waals surface area contributed by atoms with Gasteiger partial charge in [-0.25, -0.2) is 4.99 Å². The fraction of sp³-hybridized carbons (Fsp3) is 0.667. The van der Waals surface area contributed by atoms with E-state index in [1.807, 2.05) is 0 Å². The Balaban J connectivity index is 1.73. The minimum Gasteiger partial charge on any atom is -0.380 e. The highest BCUT2D eigenvalue weighted by Gasteiger charge is 2.08. The molecule has 0 amide bonds. The van der Waals surface area contributed by atoms with Crippen LogP contribution in [0.3, 0.4) is 0 Å². The van der Waals surface area contributed by atoms with Crippen LogP contribution in [0.4, 0.5) is 0 Å². The Bertz CT molecular complexity index is 507. The molecule has 0 spiro atoms. The SMILES string of the molecule is CCNC(=NCc1ccc(COC)cc1)NCCCN1CCCCCC1. The number of hydrogen-bond donors (Lipinski definition) is 2. The van der Waals surface area contributed by atoms with Crippen molar-refractivity contribution < 1.29 is 4.74 Å². The zero-order valence-electron chi connectivity index (χ0n) is 16.6. The van der Waals surface area contributed by atoms with E-state index in [9.17, 15) is 0 Å². The number of ether oxygens (including phenoxy) is 1. The van der Waals surface area contributed by atoms with Crippen molar-refractivity contribution >= 4 is 5.96 Å². The number of nitrogens with one attached hydrogen (secondary N) is 2. The van der Waals surface area contributed by atoms with Crippen LogP contribution in [0.25, 0.3) is 0 Å². The second kappa shape index (κ2) is 12.7. The Morgan fingerprint density at radius 1 is 1.04 bits per heavy atom. The third-order valence-corrected chi connectivity index (χ3v) is 4.74. The van der Waals surface area contributed by atoms with Crippen LogP contribution in [0.1, 0.15) is 50.2 Å². The maximum atomic E-state index is 5.15. The third-order valence-electron chi connectivity index (χ3n) is 4.74. The smallest absolute Gasteiger partial charge is 0.191 e. The molecule has 1 saturated heterocycles. The van der Waals surface area contributed by atoms with Crippen molar-refractivity contribution in [2.24, 2.45) is 4.99 Å². The van der Waals surface area contributed by atoms with E-state index >= 15 is 0 Å². The van der Waals surface area contributed by atoms with Crippen molar-refractivity contribution in [1.82, 2.24) is 15.5 Å². The quantitative estimate of drug-likeness (QED) is 0.403. The molecule has 0 radical (unpaired) electrons. The van der Waals surface area contributed by atoms with E-state index in [0.717, 1.165) is 25.5 Å². The fourth-order valence-electron chi connectivity index (χ4n) is 3.29. The standard InChI is InChI=1S/C21H36N4O/c1-3-22-21(23-13-8-16-25-14-6-4-5-7-15-25)24-17-19-9-11-20(12-10-19)18-26-2/h9-12H,3-8,13-18H2,1-2H3,(H2,22,23,24). The van der Waals surface area contributed by atoms with E-state index in [-0.39, 0.29) is 0 Å². The molecule has 5 heteroatoms. The summed E-state index contributed by atoms with van der Waals surface area (Å²) in [6.45, 7) is 9.03. The summed E-state index contributed by atoms with van der Waals surface area (Å²) < 4.78 is 5.15. The van der Waals surface area contributed by atoms with Gasteiger partial charge in [-0.2, -0.15) is 0 Å². The summed E-state index contributed by atoms with van der Waals surface area (Å²) >= 11 is 0. The first-order valence-corrected chi connectivity index (χ1v) is 10.1. The van der Waals surface area contributed by atoms with Gasteiger partial charge in [-0.05, 0) is 56.9 Å². The lowest BCUT2D eigenvalue weighted by Gasteiger charge is -2.20. The predicted octanol–water partition coefficient (Wildman–Crippen LogP) is 3.15. The topological polar surface area (TPSA) is 48.9 Å². The average Bonchev–Trinajstić information content (AvgIpc) is 2.93. The van der Waals surface area contributed by atoms with Crippen molar-refractivity contribution in [2.45, 2.75) is 52.2 Å². The molecule has 1 aromatic carbocycles. The molecule has 1 heterocycles. The molecule has 0 saturated carbocycles. The summed E-state index contributed by atoms with van der Waals surface area (Å²) in [6, 6.07) is 8.47. The van der Waals surface area contributed by atoms with E-state index in [2.05, 4.69) is 46.7 Å². The Hall–Kier alpha value is -1.59. The van der Waals surface area contributed by atoms with Crippen LogP contribution in [0, 0.1) is 0 Å². The van der Waals surface area contributed by atoms with Crippen LogP contribution in [0.2, 0.25) is 0 Å². The van der Waals surface area contributed by atoms with E-state index in [4.69, 9.17) is 9.73 Å². The molecule has 0 atom stereocenters. The lowest BCUT2D eigenvalue weighted by molar-refractivity contribution is 0.185. The number of aliphatic imine (C=N–C) groups is 1. The molecule has 26 heavy (non-hydrogen) atoms. The van der Waals surface area contributed by atoms with Gasteiger partial charge >= 0.3 is 0 Å². The minimum absolute atomic E-state index is 0.658. The number of nitrogens with zero attached hydrogens (tertiary/aromatic N) is 2. The van der Waals surface area contributed by atoms with Gasteiger partial charge in [0.05, 0.1) is 13.2 Å². The molecule has 2 N–H and O–H groups in total. The van der Waals surface area contributed by atoms with Crippen molar-refractivity contribution in [2.75, 3.05) is 39.8 Å². The highest BCUT2D eigenvalue weighted by atomic mass is 16.5. The normalized spacial score (nSPS) is 16.3. The molecule has 5 nitrogen and oxygen atoms in total. The molecule has 2 rings (SSSR count). The molecule has 146 valence electrons. The monoisotopic (exact) mass is 360 g/mol. The zero-order valence-corrected chi connectivity index (χ0v) is 16.6. The first-order chi connectivity index (χ1) is 12.8. The van der Waals surface area contributed by atoms with Crippen LogP contribution in [-0.4, -0.2) is 50.7 Å². The van der Waals surface area contributed by atoms with Gasteiger partial charge in [0.25, 0.3) is 0 Å². The summed E-state index contributed by atoms with van der Waals surface area (Å²) in [4.78, 5) is 7.32. The Morgan fingerprint density at radius 2 is 1.73 bits per heavy atom. The van der Waals surface area contributed by atoms with Gasteiger partial charge in [-0.1, -0.05) is 37.1 Å². The lowest BCUT2D eigenvalue weighted by atomic mass is 10.1. The molecule has 1 aliphatic rings. The summed E-state index contributed by atoms with van der Waals surface area (Å²) in [5.74, 6) is 0.907. The fourth-order valence-corrected chi connectivity index (χ4v) is 3.29. The van der Waals surface area contributed by atoms with Gasteiger partial charge in [0, 0.05) is 20.2 Å². The Kier molecular flexibility index (Phi) is 10.1. The van der Waals surface area contributed by atoms with Crippen LogP contribution in [0.5, 0.6) is 0 Å². The lowest BCUT2D eigenvalue weighted by Crippen LogP contribution is -2.39. The van der Waals surface area contributed by atoms with E-state index in [1.165, 1.54) is 56.4 Å². The van der Waals surface area contributed by atoms with Gasteiger partial charge < -0.3 is 20.3 Å². The van der Waals surface area contributed by atoms with Crippen molar-refractivity contribution in [3.8, 4) is 0 Å². The molecule has 0 aromatic heterocycles. The van der Waals surface area contributed by atoms with Gasteiger partial charge in [0.15, 0.2) is 5.96 Å². The van der Waals surface area contributed by atoms with E-state index in [0.29, 0.717) is 13.2 Å². The predicted molar refractivity (Wildman–Crippen MR) is 109 cm³/mol. The number of benzene rings is 1. The second-order valence-corrected chi connectivity index (χ2v) is 6.98. The molecular formula is C21H36N4O.